The summed E-state index contributed by atoms with van der Waals surface area (Å²) < 4.78 is 5.07. The average molecular weight is 196 g/mol. The molecule has 1 aliphatic rings. The van der Waals surface area contributed by atoms with Crippen LogP contribution in [0, 0.1) is 0 Å². The highest BCUT2D eigenvalue weighted by molar-refractivity contribution is 5.20. The van der Waals surface area contributed by atoms with Crippen LogP contribution < -0.4 is 0 Å². The van der Waals surface area contributed by atoms with E-state index in [2.05, 4.69) is 13.2 Å². The number of ether oxygens (including phenoxy) is 1. The zero-order chi connectivity index (χ0) is 10.6. The van der Waals surface area contributed by atoms with Crippen molar-refractivity contribution in [3.05, 3.63) is 37.0 Å². The van der Waals surface area contributed by atoms with Crippen LogP contribution in [0.3, 0.4) is 0 Å². The van der Waals surface area contributed by atoms with E-state index in [1.165, 1.54) is 19.3 Å². The summed E-state index contributed by atoms with van der Waals surface area (Å²) in [7, 11) is 0. The van der Waals surface area contributed by atoms with E-state index >= 15 is 0 Å². The summed E-state index contributed by atoms with van der Waals surface area (Å²) >= 11 is 0. The first-order valence-corrected chi connectivity index (χ1v) is 4.97. The van der Waals surface area contributed by atoms with Crippen LogP contribution in [0.15, 0.2) is 37.0 Å². The molecule has 0 atom stereocenters. The molecule has 0 unspecified atom stereocenters. The minimum atomic E-state index is 0.0372. The van der Waals surface area contributed by atoms with Gasteiger partial charge in [-0.15, -0.1) is 0 Å². The van der Waals surface area contributed by atoms with E-state index < -0.39 is 0 Å². The molecule has 2 nitrogen and oxygen atoms in total. The molecule has 1 fully saturated rings. The molecule has 1 heterocycles. The molecule has 0 aromatic heterocycles. The molecule has 0 bridgehead atoms. The van der Waals surface area contributed by atoms with Crippen molar-refractivity contribution in [2.75, 3.05) is 19.8 Å². The number of rotatable bonds is 3. The predicted molar refractivity (Wildman–Crippen MR) is 60.2 cm³/mol. The van der Waals surface area contributed by atoms with E-state index in [0.29, 0.717) is 0 Å². The zero-order valence-corrected chi connectivity index (χ0v) is 8.74. The topological polar surface area (TPSA) is 29.5 Å². The summed E-state index contributed by atoms with van der Waals surface area (Å²) in [6.07, 6.45) is 8.86. The van der Waals surface area contributed by atoms with Gasteiger partial charge in [0.05, 0.1) is 6.61 Å². The lowest BCUT2D eigenvalue weighted by Gasteiger charge is -2.08. The van der Waals surface area contributed by atoms with Gasteiger partial charge in [-0.25, -0.2) is 0 Å². The fourth-order valence-corrected chi connectivity index (χ4v) is 1.02. The highest BCUT2D eigenvalue weighted by Gasteiger charge is 1.95. The van der Waals surface area contributed by atoms with Gasteiger partial charge in [-0.1, -0.05) is 31.4 Å². The van der Waals surface area contributed by atoms with Crippen molar-refractivity contribution < 1.29 is 9.84 Å². The lowest BCUT2D eigenvalue weighted by Crippen LogP contribution is -2.03. The van der Waals surface area contributed by atoms with Crippen LogP contribution in [0.2, 0.25) is 0 Å². The Hall–Kier alpha value is -0.860. The van der Waals surface area contributed by atoms with Gasteiger partial charge in [0.15, 0.2) is 0 Å². The number of allylic oxidation sites excluding steroid dienone is 2. The molecule has 0 aromatic rings. The third-order valence-corrected chi connectivity index (χ3v) is 1.85. The highest BCUT2D eigenvalue weighted by Crippen LogP contribution is 2.02. The monoisotopic (exact) mass is 196 g/mol. The van der Waals surface area contributed by atoms with Gasteiger partial charge in [0.1, 0.15) is 0 Å². The van der Waals surface area contributed by atoms with E-state index in [0.717, 1.165) is 18.8 Å². The SMILES string of the molecule is C1CCOCC1.C=C/C=C(\C=C)CO. The van der Waals surface area contributed by atoms with Gasteiger partial charge in [0.25, 0.3) is 0 Å². The van der Waals surface area contributed by atoms with Crippen molar-refractivity contribution in [1.82, 2.24) is 0 Å². The van der Waals surface area contributed by atoms with Crippen molar-refractivity contribution in [2.45, 2.75) is 19.3 Å². The molecule has 0 saturated carbocycles. The smallest absolute Gasteiger partial charge is 0.0681 e. The molecule has 0 spiro atoms. The largest absolute Gasteiger partial charge is 0.392 e. The number of hydrogen-bond acceptors (Lipinski definition) is 2. The summed E-state index contributed by atoms with van der Waals surface area (Å²) in [5, 5.41) is 8.47. The highest BCUT2D eigenvalue weighted by atomic mass is 16.5. The minimum Gasteiger partial charge on any atom is -0.392 e. The number of aliphatic hydroxyl groups excluding tert-OH is 1. The fourth-order valence-electron chi connectivity index (χ4n) is 1.02. The van der Waals surface area contributed by atoms with Crippen LogP contribution in [-0.4, -0.2) is 24.9 Å². The van der Waals surface area contributed by atoms with Gasteiger partial charge in [-0.05, 0) is 24.8 Å². The maximum absolute atomic E-state index is 8.47. The first kappa shape index (κ1) is 13.1. The van der Waals surface area contributed by atoms with E-state index in [1.54, 1.807) is 18.2 Å². The van der Waals surface area contributed by atoms with Crippen LogP contribution in [0.4, 0.5) is 0 Å². The normalized spacial score (nSPS) is 16.5. The van der Waals surface area contributed by atoms with Crippen molar-refractivity contribution in [1.29, 1.82) is 0 Å². The standard InChI is InChI=1S/C7H10O.C5H10O/c1-3-5-7(4-2)6-8;1-2-4-6-5-3-1/h3-5,8H,1-2,6H2;1-5H2/b7-5+;. The summed E-state index contributed by atoms with van der Waals surface area (Å²) in [6.45, 7) is 8.97. The van der Waals surface area contributed by atoms with Crippen LogP contribution in [0.1, 0.15) is 19.3 Å². The van der Waals surface area contributed by atoms with Gasteiger partial charge >= 0.3 is 0 Å². The number of aliphatic hydroxyl groups is 1. The summed E-state index contributed by atoms with van der Waals surface area (Å²) in [6, 6.07) is 0. The molecule has 0 aromatic carbocycles. The molecule has 1 rings (SSSR count). The van der Waals surface area contributed by atoms with Gasteiger partial charge < -0.3 is 9.84 Å². The van der Waals surface area contributed by atoms with Gasteiger partial charge in [0.2, 0.25) is 0 Å². The van der Waals surface area contributed by atoms with Gasteiger partial charge in [-0.3, -0.25) is 0 Å². The Labute approximate surface area is 86.6 Å². The first-order chi connectivity index (χ1) is 6.85. The molecule has 80 valence electrons. The lowest BCUT2D eigenvalue weighted by molar-refractivity contribution is 0.0968. The van der Waals surface area contributed by atoms with Crippen LogP contribution >= 0.6 is 0 Å². The summed E-state index contributed by atoms with van der Waals surface area (Å²) in [5.74, 6) is 0. The summed E-state index contributed by atoms with van der Waals surface area (Å²) in [4.78, 5) is 0. The molecular formula is C12H20O2. The first-order valence-electron chi connectivity index (χ1n) is 4.97. The van der Waals surface area contributed by atoms with E-state index in [9.17, 15) is 0 Å². The second kappa shape index (κ2) is 10.2. The lowest BCUT2D eigenvalue weighted by atomic mass is 10.2. The second-order valence-electron chi connectivity index (χ2n) is 3.01. The molecule has 1 saturated heterocycles. The van der Waals surface area contributed by atoms with Gasteiger partial charge in [-0.2, -0.15) is 0 Å². The molecule has 0 aliphatic carbocycles. The maximum atomic E-state index is 8.47. The molecule has 1 N–H and O–H groups in total. The van der Waals surface area contributed by atoms with Crippen LogP contribution in [0.25, 0.3) is 0 Å². The Morgan fingerprint density at radius 2 is 1.86 bits per heavy atom. The Kier molecular flexibility index (Phi) is 9.59. The molecule has 0 amide bonds. The molecule has 1 aliphatic heterocycles. The molecule has 2 heteroatoms. The van der Waals surface area contributed by atoms with Crippen molar-refractivity contribution in [2.24, 2.45) is 0 Å². The second-order valence-corrected chi connectivity index (χ2v) is 3.01. The van der Waals surface area contributed by atoms with E-state index in [1.807, 2.05) is 0 Å². The Morgan fingerprint density at radius 3 is 2.00 bits per heavy atom. The Bertz CT molecular complexity index is 167. The van der Waals surface area contributed by atoms with Crippen LogP contribution in [0.5, 0.6) is 0 Å². The minimum absolute atomic E-state index is 0.0372. The molecule has 14 heavy (non-hydrogen) atoms. The zero-order valence-electron chi connectivity index (χ0n) is 8.74. The molecular weight excluding hydrogens is 176 g/mol. The Balaban J connectivity index is 0.000000249. The van der Waals surface area contributed by atoms with Gasteiger partial charge in [0, 0.05) is 13.2 Å². The summed E-state index contributed by atoms with van der Waals surface area (Å²) in [5.41, 5.74) is 0.792. The molecule has 0 radical (unpaired) electrons. The number of hydrogen-bond donors (Lipinski definition) is 1. The maximum Gasteiger partial charge on any atom is 0.0681 e. The van der Waals surface area contributed by atoms with Crippen molar-refractivity contribution >= 4 is 0 Å². The van der Waals surface area contributed by atoms with Crippen molar-refractivity contribution in [3.63, 3.8) is 0 Å². The predicted octanol–water partition coefficient (Wildman–Crippen LogP) is 2.46. The van der Waals surface area contributed by atoms with Crippen molar-refractivity contribution in [3.8, 4) is 0 Å². The third kappa shape index (κ3) is 7.77. The fraction of sp³-hybridized carbons (Fsp3) is 0.500. The third-order valence-electron chi connectivity index (χ3n) is 1.85. The van der Waals surface area contributed by atoms with E-state index in [-0.39, 0.29) is 6.61 Å². The quantitative estimate of drug-likeness (QED) is 0.703. The Morgan fingerprint density at radius 1 is 1.21 bits per heavy atom. The van der Waals surface area contributed by atoms with Crippen LogP contribution in [-0.2, 0) is 4.74 Å². The van der Waals surface area contributed by atoms with E-state index in [4.69, 9.17) is 9.84 Å². The average Bonchev–Trinajstić information content (AvgIpc) is 2.29.